The summed E-state index contributed by atoms with van der Waals surface area (Å²) in [7, 11) is 0. The smallest absolute Gasteiger partial charge is 0.379 e. The van der Waals surface area contributed by atoms with Gasteiger partial charge in [0.2, 0.25) is 0 Å². The molecule has 1 aromatic rings. The first-order valence-corrected chi connectivity index (χ1v) is 6.15. The monoisotopic (exact) mass is 223 g/mol. The summed E-state index contributed by atoms with van der Waals surface area (Å²) in [5.41, 5.74) is 0. The van der Waals surface area contributed by atoms with Crippen molar-refractivity contribution in [3.63, 3.8) is 0 Å². The van der Waals surface area contributed by atoms with E-state index in [0.29, 0.717) is 12.5 Å². The van der Waals surface area contributed by atoms with Gasteiger partial charge in [0.1, 0.15) is 0 Å². The topological polar surface area (TPSA) is 36.2 Å². The van der Waals surface area contributed by atoms with Crippen molar-refractivity contribution < 1.29 is 9.47 Å². The van der Waals surface area contributed by atoms with E-state index in [2.05, 4.69) is 6.92 Å². The fraction of sp³-hybridized carbons (Fsp3) is 0.615. The molecule has 0 saturated heterocycles. The molecule has 0 fully saturated rings. The molecule has 0 aliphatic heterocycles. The van der Waals surface area contributed by atoms with Gasteiger partial charge in [-0.3, -0.25) is 0 Å². The first-order valence-electron chi connectivity index (χ1n) is 6.15. The van der Waals surface area contributed by atoms with Crippen molar-refractivity contribution in [1.82, 2.24) is 0 Å². The van der Waals surface area contributed by atoms with Crippen LogP contribution in [0.15, 0.2) is 24.4 Å². The maximum absolute atomic E-state index is 11.2. The number of unbranched alkanes of at least 4 members (excludes halogenated alkanes) is 5. The van der Waals surface area contributed by atoms with Crippen LogP contribution in [0.5, 0.6) is 5.88 Å². The van der Waals surface area contributed by atoms with Crippen LogP contribution in [-0.4, -0.2) is 6.61 Å². The molecule has 0 radical (unpaired) electrons. The predicted octanol–water partition coefficient (Wildman–Crippen LogP) is 3.06. The maximum Gasteiger partial charge on any atom is 0.379 e. The fourth-order valence-electron chi connectivity index (χ4n) is 1.58. The molecule has 0 unspecified atom stereocenters. The third-order valence-corrected chi connectivity index (χ3v) is 2.54. The molecule has 0 saturated carbocycles. The van der Waals surface area contributed by atoms with Gasteiger partial charge in [-0.2, -0.15) is 0 Å². The lowest BCUT2D eigenvalue weighted by atomic mass is 10.1. The van der Waals surface area contributed by atoms with E-state index in [-0.39, 0.29) is 0 Å². The molecule has 3 nitrogen and oxygen atoms in total. The van der Waals surface area contributed by atoms with Crippen LogP contribution in [0.2, 0.25) is 0 Å². The fourth-order valence-corrected chi connectivity index (χ4v) is 1.58. The molecular weight excluding hydrogens is 202 g/mol. The van der Waals surface area contributed by atoms with Crippen molar-refractivity contribution in [1.29, 1.82) is 0 Å². The van der Waals surface area contributed by atoms with E-state index in [1.807, 2.05) is 6.07 Å². The summed E-state index contributed by atoms with van der Waals surface area (Å²) in [4.78, 5) is 0. The highest BCUT2D eigenvalue weighted by Crippen LogP contribution is 2.06. The summed E-state index contributed by atoms with van der Waals surface area (Å²) in [6, 6.07) is 5.21. The molecule has 0 N–H and O–H groups in total. The summed E-state index contributed by atoms with van der Waals surface area (Å²) in [6.07, 6.45) is 8.84. The maximum atomic E-state index is 11.2. The Morgan fingerprint density at radius 2 is 1.88 bits per heavy atom. The largest absolute Gasteiger partial charge is 0.616 e. The molecule has 1 aromatic heterocycles. The van der Waals surface area contributed by atoms with Crippen LogP contribution in [0.25, 0.3) is 0 Å². The van der Waals surface area contributed by atoms with E-state index in [1.165, 1.54) is 38.3 Å². The van der Waals surface area contributed by atoms with E-state index in [1.54, 1.807) is 12.1 Å². The summed E-state index contributed by atoms with van der Waals surface area (Å²) in [5.74, 6) is 0.399. The second-order valence-electron chi connectivity index (χ2n) is 3.98. The Hall–Kier alpha value is -1.25. The van der Waals surface area contributed by atoms with Crippen LogP contribution < -0.4 is 9.47 Å². The summed E-state index contributed by atoms with van der Waals surface area (Å²) in [6.45, 7) is 2.85. The zero-order chi connectivity index (χ0) is 11.6. The normalized spacial score (nSPS) is 10.3. The summed E-state index contributed by atoms with van der Waals surface area (Å²) < 4.78 is 6.15. The van der Waals surface area contributed by atoms with Crippen molar-refractivity contribution >= 4 is 0 Å². The minimum atomic E-state index is 0.399. The van der Waals surface area contributed by atoms with Gasteiger partial charge < -0.3 is 9.94 Å². The van der Waals surface area contributed by atoms with Crippen molar-refractivity contribution in [3.8, 4) is 5.88 Å². The van der Waals surface area contributed by atoms with E-state index < -0.39 is 0 Å². The lowest BCUT2D eigenvalue weighted by Crippen LogP contribution is -2.28. The number of nitrogens with zero attached hydrogens (tertiary/aromatic N) is 1. The van der Waals surface area contributed by atoms with Gasteiger partial charge in [0, 0.05) is 6.07 Å². The van der Waals surface area contributed by atoms with Gasteiger partial charge in [0.25, 0.3) is 0 Å². The van der Waals surface area contributed by atoms with Gasteiger partial charge in [-0.15, -0.1) is 4.73 Å². The van der Waals surface area contributed by atoms with Crippen molar-refractivity contribution in [2.45, 2.75) is 45.4 Å². The third kappa shape index (κ3) is 5.01. The molecule has 3 heteroatoms. The van der Waals surface area contributed by atoms with Crippen LogP contribution in [0.3, 0.4) is 0 Å². The SMILES string of the molecule is CCCCCCCCOc1cccc[n+]1[O-]. The average Bonchev–Trinajstić information content (AvgIpc) is 2.30. The van der Waals surface area contributed by atoms with E-state index in [0.717, 1.165) is 11.2 Å². The lowest BCUT2D eigenvalue weighted by molar-refractivity contribution is -0.612. The minimum Gasteiger partial charge on any atom is -0.616 e. The molecule has 0 aliphatic rings. The van der Waals surface area contributed by atoms with E-state index in [4.69, 9.17) is 4.74 Å². The molecule has 0 aromatic carbocycles. The highest BCUT2D eigenvalue weighted by Gasteiger charge is 2.02. The highest BCUT2D eigenvalue weighted by molar-refractivity contribution is 5.02. The molecule has 16 heavy (non-hydrogen) atoms. The van der Waals surface area contributed by atoms with Gasteiger partial charge in [-0.25, -0.2) is 0 Å². The quantitative estimate of drug-likeness (QED) is 0.386. The van der Waals surface area contributed by atoms with Crippen LogP contribution in [0.4, 0.5) is 0 Å². The Morgan fingerprint density at radius 1 is 1.12 bits per heavy atom. The number of hydrogen-bond donors (Lipinski definition) is 0. The standard InChI is InChI=1S/C13H21NO2/c1-2-3-4-5-6-9-12-16-13-10-7-8-11-14(13)15/h7-8,10-11H,2-6,9,12H2,1H3. The summed E-state index contributed by atoms with van der Waals surface area (Å²) >= 11 is 0. The Labute approximate surface area is 97.6 Å². The Morgan fingerprint density at radius 3 is 2.62 bits per heavy atom. The van der Waals surface area contributed by atoms with Crippen LogP contribution >= 0.6 is 0 Å². The second-order valence-corrected chi connectivity index (χ2v) is 3.98. The predicted molar refractivity (Wildman–Crippen MR) is 64.3 cm³/mol. The van der Waals surface area contributed by atoms with Gasteiger partial charge in [0.15, 0.2) is 6.20 Å². The average molecular weight is 223 g/mol. The number of rotatable bonds is 8. The lowest BCUT2D eigenvalue weighted by Gasteiger charge is -2.05. The molecule has 1 rings (SSSR count). The van der Waals surface area contributed by atoms with E-state index in [9.17, 15) is 5.21 Å². The Balaban J connectivity index is 2.05. The summed E-state index contributed by atoms with van der Waals surface area (Å²) in [5, 5.41) is 11.2. The molecule has 0 aliphatic carbocycles. The van der Waals surface area contributed by atoms with Crippen LogP contribution in [-0.2, 0) is 0 Å². The molecule has 0 spiro atoms. The van der Waals surface area contributed by atoms with Crippen molar-refractivity contribution in [3.05, 3.63) is 29.6 Å². The Bertz CT molecular complexity index is 289. The number of pyridine rings is 1. The van der Waals surface area contributed by atoms with Gasteiger partial charge in [-0.05, 0) is 12.5 Å². The van der Waals surface area contributed by atoms with Gasteiger partial charge in [0.05, 0.1) is 12.7 Å². The van der Waals surface area contributed by atoms with Gasteiger partial charge >= 0.3 is 5.88 Å². The highest BCUT2D eigenvalue weighted by atomic mass is 16.5. The molecule has 1 heterocycles. The minimum absolute atomic E-state index is 0.399. The number of aromatic nitrogens is 1. The van der Waals surface area contributed by atoms with Gasteiger partial charge in [-0.1, -0.05) is 39.0 Å². The van der Waals surface area contributed by atoms with Crippen LogP contribution in [0, 0.1) is 5.21 Å². The number of hydrogen-bond acceptors (Lipinski definition) is 2. The Kier molecular flexibility index (Phi) is 6.38. The first-order chi connectivity index (χ1) is 7.84. The molecular formula is C13H21NO2. The molecule has 0 bridgehead atoms. The first kappa shape index (κ1) is 12.8. The third-order valence-electron chi connectivity index (χ3n) is 2.54. The van der Waals surface area contributed by atoms with Crippen molar-refractivity contribution in [2.24, 2.45) is 0 Å². The van der Waals surface area contributed by atoms with Crippen LogP contribution in [0.1, 0.15) is 45.4 Å². The molecule has 90 valence electrons. The number of ether oxygens (including phenoxy) is 1. The van der Waals surface area contributed by atoms with Crippen molar-refractivity contribution in [2.75, 3.05) is 6.61 Å². The molecule has 0 atom stereocenters. The van der Waals surface area contributed by atoms with E-state index >= 15 is 0 Å². The zero-order valence-corrected chi connectivity index (χ0v) is 10.0. The second kappa shape index (κ2) is 7.97. The zero-order valence-electron chi connectivity index (χ0n) is 10.0. The molecule has 0 amide bonds.